The number of hydrogen-bond donors (Lipinski definition) is 3. The minimum atomic E-state index is -0.925. The number of benzene rings is 2. The number of ether oxygens (including phenoxy) is 1. The molecule has 7 nitrogen and oxygen atoms in total. The van der Waals surface area contributed by atoms with Gasteiger partial charge in [0, 0.05) is 12.5 Å². The number of alkyl carbamates (subject to hydrolysis) is 1. The minimum Gasteiger partial charge on any atom is -0.481 e. The van der Waals surface area contributed by atoms with E-state index in [4.69, 9.17) is 9.84 Å². The third-order valence-electron chi connectivity index (χ3n) is 5.94. The Balaban J connectivity index is 1.61. The van der Waals surface area contributed by atoms with E-state index in [9.17, 15) is 14.4 Å². The van der Waals surface area contributed by atoms with Gasteiger partial charge in [0.1, 0.15) is 12.6 Å². The Morgan fingerprint density at radius 1 is 1.00 bits per heavy atom. The van der Waals surface area contributed by atoms with Crippen molar-refractivity contribution in [1.29, 1.82) is 0 Å². The Kier molecular flexibility index (Phi) is 7.41. The molecule has 2 aromatic rings. The number of hydrogen-bond acceptors (Lipinski definition) is 4. The molecule has 0 aromatic heterocycles. The molecule has 0 spiro atoms. The van der Waals surface area contributed by atoms with Gasteiger partial charge in [-0.2, -0.15) is 0 Å². The van der Waals surface area contributed by atoms with Crippen LogP contribution in [0.5, 0.6) is 0 Å². The molecule has 0 saturated heterocycles. The van der Waals surface area contributed by atoms with E-state index >= 15 is 0 Å². The van der Waals surface area contributed by atoms with Crippen LogP contribution in [-0.4, -0.2) is 42.3 Å². The van der Waals surface area contributed by atoms with E-state index in [-0.39, 0.29) is 37.3 Å². The number of nitrogens with one attached hydrogen (secondary N) is 2. The van der Waals surface area contributed by atoms with Crippen LogP contribution in [0.1, 0.15) is 51.2 Å². The smallest absolute Gasteiger partial charge is 0.407 e. The van der Waals surface area contributed by atoms with Crippen LogP contribution in [0.25, 0.3) is 11.1 Å². The Morgan fingerprint density at radius 3 is 2.06 bits per heavy atom. The molecule has 0 aliphatic heterocycles. The zero-order valence-electron chi connectivity index (χ0n) is 19.6. The van der Waals surface area contributed by atoms with E-state index in [2.05, 4.69) is 22.8 Å². The van der Waals surface area contributed by atoms with Gasteiger partial charge in [0.05, 0.1) is 6.42 Å². The molecule has 7 heteroatoms. The van der Waals surface area contributed by atoms with Crippen LogP contribution in [0.15, 0.2) is 48.5 Å². The maximum atomic E-state index is 12.7. The van der Waals surface area contributed by atoms with E-state index in [0.717, 1.165) is 22.3 Å². The fourth-order valence-electron chi connectivity index (χ4n) is 4.21. The first-order valence-electron chi connectivity index (χ1n) is 11.2. The van der Waals surface area contributed by atoms with Crippen molar-refractivity contribution >= 4 is 18.0 Å². The summed E-state index contributed by atoms with van der Waals surface area (Å²) in [5.74, 6) is -1.53. The lowest BCUT2D eigenvalue weighted by atomic mass is 9.89. The summed E-state index contributed by atoms with van der Waals surface area (Å²) in [7, 11) is 0. The summed E-state index contributed by atoms with van der Waals surface area (Å²) < 4.78 is 5.56. The van der Waals surface area contributed by atoms with Gasteiger partial charge in [-0.3, -0.25) is 9.59 Å². The van der Waals surface area contributed by atoms with E-state index < -0.39 is 23.5 Å². The second kappa shape index (κ2) is 10.1. The second-order valence-electron chi connectivity index (χ2n) is 9.64. The number of fused-ring (bicyclic) bond motifs is 3. The van der Waals surface area contributed by atoms with Crippen molar-refractivity contribution in [2.24, 2.45) is 11.3 Å². The number of aliphatic carboxylic acids is 1. The number of carbonyl (C=O) groups is 3. The highest BCUT2D eigenvalue weighted by Crippen LogP contribution is 2.44. The van der Waals surface area contributed by atoms with Crippen LogP contribution >= 0.6 is 0 Å². The van der Waals surface area contributed by atoms with Crippen molar-refractivity contribution in [1.82, 2.24) is 10.6 Å². The van der Waals surface area contributed by atoms with Gasteiger partial charge in [0.25, 0.3) is 0 Å². The highest BCUT2D eigenvalue weighted by Gasteiger charge is 2.31. The predicted octanol–water partition coefficient (Wildman–Crippen LogP) is 4.17. The molecule has 0 saturated carbocycles. The van der Waals surface area contributed by atoms with E-state index in [1.54, 1.807) is 13.8 Å². The monoisotopic (exact) mass is 452 g/mol. The SMILES string of the molecule is CC(C)[C@@H](NC(=O)OCC1c2ccccc2-c2ccccc21)C(=O)NCC(C)(C)CC(=O)O. The molecule has 2 amide bonds. The average Bonchev–Trinajstić information content (AvgIpc) is 3.07. The standard InChI is InChI=1S/C26H32N2O5/c1-16(2)23(24(31)27-15-26(3,4)13-22(29)30)28-25(32)33-14-21-19-11-7-5-9-17(19)18-10-6-8-12-20(18)21/h5-12,16,21,23H,13-15H2,1-4H3,(H,27,31)(H,28,32)(H,29,30)/t23-/m1/s1. The van der Waals surface area contributed by atoms with Gasteiger partial charge in [0.2, 0.25) is 5.91 Å². The average molecular weight is 453 g/mol. The van der Waals surface area contributed by atoms with Crippen LogP contribution in [0.3, 0.4) is 0 Å². The number of amides is 2. The molecule has 0 radical (unpaired) electrons. The molecule has 0 unspecified atom stereocenters. The lowest BCUT2D eigenvalue weighted by Gasteiger charge is -2.26. The van der Waals surface area contributed by atoms with Gasteiger partial charge >= 0.3 is 12.1 Å². The van der Waals surface area contributed by atoms with E-state index in [0.29, 0.717) is 0 Å². The lowest BCUT2D eigenvalue weighted by molar-refractivity contribution is -0.139. The molecule has 0 fully saturated rings. The summed E-state index contributed by atoms with van der Waals surface area (Å²) in [5, 5.41) is 14.5. The maximum absolute atomic E-state index is 12.7. The fourth-order valence-corrected chi connectivity index (χ4v) is 4.21. The third kappa shape index (κ3) is 5.92. The first kappa shape index (κ1) is 24.3. The molecule has 176 valence electrons. The minimum absolute atomic E-state index is 0.0636. The van der Waals surface area contributed by atoms with Crippen molar-refractivity contribution in [2.75, 3.05) is 13.2 Å². The van der Waals surface area contributed by atoms with Crippen molar-refractivity contribution in [3.05, 3.63) is 59.7 Å². The van der Waals surface area contributed by atoms with Crippen molar-refractivity contribution in [3.8, 4) is 11.1 Å². The topological polar surface area (TPSA) is 105 Å². The van der Waals surface area contributed by atoms with Crippen LogP contribution in [0.4, 0.5) is 4.79 Å². The third-order valence-corrected chi connectivity index (χ3v) is 5.94. The summed E-state index contributed by atoms with van der Waals surface area (Å²) in [6, 6.07) is 15.4. The Morgan fingerprint density at radius 2 is 1.55 bits per heavy atom. The number of rotatable bonds is 9. The first-order valence-corrected chi connectivity index (χ1v) is 11.2. The summed E-state index contributed by atoms with van der Waals surface area (Å²) in [4.78, 5) is 36.3. The summed E-state index contributed by atoms with van der Waals surface area (Å²) in [6.07, 6.45) is -0.727. The Bertz CT molecular complexity index is 985. The summed E-state index contributed by atoms with van der Waals surface area (Å²) in [6.45, 7) is 7.55. The molecule has 2 aromatic carbocycles. The summed E-state index contributed by atoms with van der Waals surface area (Å²) in [5.41, 5.74) is 3.92. The molecule has 0 bridgehead atoms. The first-order chi connectivity index (χ1) is 15.6. The quantitative estimate of drug-likeness (QED) is 0.530. The van der Waals surface area contributed by atoms with Crippen molar-refractivity contribution in [3.63, 3.8) is 0 Å². The van der Waals surface area contributed by atoms with Gasteiger partial charge < -0.3 is 20.5 Å². The second-order valence-corrected chi connectivity index (χ2v) is 9.64. The number of carboxylic acid groups (broad SMARTS) is 1. The molecule has 1 aliphatic rings. The Labute approximate surface area is 194 Å². The van der Waals surface area contributed by atoms with Gasteiger partial charge in [-0.1, -0.05) is 76.2 Å². The van der Waals surface area contributed by atoms with Crippen LogP contribution in [0.2, 0.25) is 0 Å². The highest BCUT2D eigenvalue weighted by molar-refractivity contribution is 5.86. The van der Waals surface area contributed by atoms with Crippen LogP contribution < -0.4 is 10.6 Å². The molecule has 1 atom stereocenters. The number of carboxylic acids is 1. The van der Waals surface area contributed by atoms with Crippen LogP contribution in [-0.2, 0) is 14.3 Å². The largest absolute Gasteiger partial charge is 0.481 e. The van der Waals surface area contributed by atoms with E-state index in [1.807, 2.05) is 50.2 Å². The normalized spacial score (nSPS) is 13.7. The zero-order valence-corrected chi connectivity index (χ0v) is 19.6. The fraction of sp³-hybridized carbons (Fsp3) is 0.423. The van der Waals surface area contributed by atoms with Gasteiger partial charge in [-0.15, -0.1) is 0 Å². The van der Waals surface area contributed by atoms with Gasteiger partial charge in [-0.25, -0.2) is 4.79 Å². The maximum Gasteiger partial charge on any atom is 0.407 e. The van der Waals surface area contributed by atoms with Crippen molar-refractivity contribution in [2.45, 2.75) is 46.1 Å². The van der Waals surface area contributed by atoms with E-state index in [1.165, 1.54) is 0 Å². The molecule has 1 aliphatic carbocycles. The lowest BCUT2D eigenvalue weighted by Crippen LogP contribution is -2.51. The van der Waals surface area contributed by atoms with Gasteiger partial charge in [0.15, 0.2) is 0 Å². The molecular formula is C26H32N2O5. The highest BCUT2D eigenvalue weighted by atomic mass is 16.5. The Hall–Kier alpha value is -3.35. The molecule has 3 rings (SSSR count). The van der Waals surface area contributed by atoms with Crippen molar-refractivity contribution < 1.29 is 24.2 Å². The molecule has 0 heterocycles. The van der Waals surface area contributed by atoms with Gasteiger partial charge in [-0.05, 0) is 33.6 Å². The molecular weight excluding hydrogens is 420 g/mol. The molecule has 33 heavy (non-hydrogen) atoms. The zero-order chi connectivity index (χ0) is 24.2. The molecule has 3 N–H and O–H groups in total. The number of carbonyl (C=O) groups excluding carboxylic acids is 2. The predicted molar refractivity (Wildman–Crippen MR) is 126 cm³/mol. The summed E-state index contributed by atoms with van der Waals surface area (Å²) >= 11 is 0. The van der Waals surface area contributed by atoms with Crippen LogP contribution in [0, 0.1) is 11.3 Å².